The molecule has 0 aromatic heterocycles. The third kappa shape index (κ3) is 7.32. The zero-order valence-corrected chi connectivity index (χ0v) is 15.6. The first-order valence-electron chi connectivity index (χ1n) is 9.35. The van der Waals surface area contributed by atoms with Crippen LogP contribution in [-0.4, -0.2) is 58.6 Å². The minimum absolute atomic E-state index is 0.671. The van der Waals surface area contributed by atoms with Crippen LogP contribution in [0.4, 0.5) is 5.69 Å². The van der Waals surface area contributed by atoms with Crippen LogP contribution in [0.3, 0.4) is 0 Å². The molecular weight excluding hydrogens is 316 g/mol. The Hall–Kier alpha value is -1.79. The number of anilines is 1. The van der Waals surface area contributed by atoms with Crippen molar-refractivity contribution in [2.75, 3.05) is 57.5 Å². The van der Waals surface area contributed by atoms with Gasteiger partial charge in [0.25, 0.3) is 0 Å². The Morgan fingerprint density at radius 2 is 1.92 bits per heavy atom. The molecule has 6 nitrogen and oxygen atoms in total. The van der Waals surface area contributed by atoms with Crippen molar-refractivity contribution >= 4 is 11.6 Å². The lowest BCUT2D eigenvalue weighted by Crippen LogP contribution is -2.38. The second-order valence-electron chi connectivity index (χ2n) is 5.94. The van der Waals surface area contributed by atoms with E-state index in [0.29, 0.717) is 6.54 Å². The van der Waals surface area contributed by atoms with E-state index in [2.05, 4.69) is 51.7 Å². The standard InChI is InChI=1S/C19H32N4O2/c1-3-20-19(21-10-5-13-24-4-2)22-16-17-6-8-18(9-7-17)23-11-14-25-15-12-23/h6-9H,3-5,10-16H2,1-2H3,(H2,20,21,22). The van der Waals surface area contributed by atoms with Gasteiger partial charge in [-0.1, -0.05) is 12.1 Å². The number of guanidine groups is 1. The molecule has 1 saturated heterocycles. The summed E-state index contributed by atoms with van der Waals surface area (Å²) in [5.74, 6) is 0.858. The molecule has 0 atom stereocenters. The molecule has 0 amide bonds. The first kappa shape index (κ1) is 19.5. The summed E-state index contributed by atoms with van der Waals surface area (Å²) < 4.78 is 10.8. The third-order valence-electron chi connectivity index (χ3n) is 4.04. The van der Waals surface area contributed by atoms with Crippen molar-refractivity contribution in [3.05, 3.63) is 29.8 Å². The number of nitrogens with zero attached hydrogens (tertiary/aromatic N) is 2. The van der Waals surface area contributed by atoms with Crippen LogP contribution in [0.2, 0.25) is 0 Å². The average Bonchev–Trinajstić information content (AvgIpc) is 2.67. The first-order chi connectivity index (χ1) is 12.3. The largest absolute Gasteiger partial charge is 0.382 e. The van der Waals surface area contributed by atoms with Crippen LogP contribution in [0, 0.1) is 0 Å². The molecule has 1 heterocycles. The van der Waals surface area contributed by atoms with E-state index < -0.39 is 0 Å². The van der Waals surface area contributed by atoms with E-state index in [0.717, 1.165) is 65.0 Å². The molecule has 0 bridgehead atoms. The van der Waals surface area contributed by atoms with Gasteiger partial charge in [-0.05, 0) is 38.0 Å². The number of rotatable bonds is 9. The zero-order chi connectivity index (χ0) is 17.7. The van der Waals surface area contributed by atoms with Crippen molar-refractivity contribution in [2.24, 2.45) is 4.99 Å². The lowest BCUT2D eigenvalue weighted by molar-refractivity contribution is 0.122. The molecule has 1 aromatic rings. The van der Waals surface area contributed by atoms with Gasteiger partial charge in [0.2, 0.25) is 0 Å². The maximum Gasteiger partial charge on any atom is 0.191 e. The Morgan fingerprint density at radius 3 is 2.60 bits per heavy atom. The summed E-state index contributed by atoms with van der Waals surface area (Å²) in [6, 6.07) is 8.68. The zero-order valence-electron chi connectivity index (χ0n) is 15.6. The predicted molar refractivity (Wildman–Crippen MR) is 103 cm³/mol. The molecule has 2 N–H and O–H groups in total. The van der Waals surface area contributed by atoms with E-state index in [4.69, 9.17) is 9.47 Å². The van der Waals surface area contributed by atoms with E-state index in [1.165, 1.54) is 11.3 Å². The quantitative estimate of drug-likeness (QED) is 0.406. The van der Waals surface area contributed by atoms with Crippen LogP contribution in [0.5, 0.6) is 0 Å². The molecule has 1 aromatic carbocycles. The fraction of sp³-hybridized carbons (Fsp3) is 0.632. The number of morpholine rings is 1. The molecule has 0 unspecified atom stereocenters. The van der Waals surface area contributed by atoms with Gasteiger partial charge in [-0.15, -0.1) is 0 Å². The molecule has 1 aliphatic heterocycles. The van der Waals surface area contributed by atoms with E-state index in [9.17, 15) is 0 Å². The summed E-state index contributed by atoms with van der Waals surface area (Å²) in [6.07, 6.45) is 0.979. The SMILES string of the molecule is CCNC(=NCc1ccc(N2CCOCC2)cc1)NCCCOCC. The number of hydrogen-bond donors (Lipinski definition) is 2. The highest BCUT2D eigenvalue weighted by Gasteiger charge is 2.10. The fourth-order valence-corrected chi connectivity index (χ4v) is 2.67. The molecule has 140 valence electrons. The Morgan fingerprint density at radius 1 is 1.16 bits per heavy atom. The molecular formula is C19H32N4O2. The van der Waals surface area contributed by atoms with Crippen LogP contribution < -0.4 is 15.5 Å². The highest BCUT2D eigenvalue weighted by atomic mass is 16.5. The van der Waals surface area contributed by atoms with Crippen molar-refractivity contribution in [2.45, 2.75) is 26.8 Å². The summed E-state index contributed by atoms with van der Waals surface area (Å²) in [6.45, 7) is 11.6. The van der Waals surface area contributed by atoms with Crippen LogP contribution in [0.1, 0.15) is 25.8 Å². The molecule has 25 heavy (non-hydrogen) atoms. The topological polar surface area (TPSA) is 58.1 Å². The molecule has 2 rings (SSSR count). The van der Waals surface area contributed by atoms with E-state index in [-0.39, 0.29) is 0 Å². The fourth-order valence-electron chi connectivity index (χ4n) is 2.67. The Kier molecular flexibility index (Phi) is 9.15. The lowest BCUT2D eigenvalue weighted by atomic mass is 10.2. The van der Waals surface area contributed by atoms with E-state index >= 15 is 0 Å². The number of benzene rings is 1. The Labute approximate surface area is 151 Å². The van der Waals surface area contributed by atoms with Crippen LogP contribution in [0.25, 0.3) is 0 Å². The summed E-state index contributed by atoms with van der Waals surface area (Å²) in [4.78, 5) is 7.03. The van der Waals surface area contributed by atoms with Crippen LogP contribution in [0.15, 0.2) is 29.3 Å². The van der Waals surface area contributed by atoms with Crippen molar-refractivity contribution < 1.29 is 9.47 Å². The van der Waals surface area contributed by atoms with Gasteiger partial charge in [-0.2, -0.15) is 0 Å². The second-order valence-corrected chi connectivity index (χ2v) is 5.94. The molecule has 0 saturated carbocycles. The third-order valence-corrected chi connectivity index (χ3v) is 4.04. The van der Waals surface area contributed by atoms with E-state index in [1.54, 1.807) is 0 Å². The van der Waals surface area contributed by atoms with Gasteiger partial charge in [-0.25, -0.2) is 4.99 Å². The summed E-state index contributed by atoms with van der Waals surface area (Å²) in [5.41, 5.74) is 2.47. The second kappa shape index (κ2) is 11.7. The highest BCUT2D eigenvalue weighted by molar-refractivity contribution is 5.79. The summed E-state index contributed by atoms with van der Waals surface area (Å²) in [5, 5.41) is 6.63. The monoisotopic (exact) mass is 348 g/mol. The summed E-state index contributed by atoms with van der Waals surface area (Å²) in [7, 11) is 0. The highest BCUT2D eigenvalue weighted by Crippen LogP contribution is 2.17. The number of aliphatic imine (C=N–C) groups is 1. The average molecular weight is 348 g/mol. The maximum absolute atomic E-state index is 5.41. The Balaban J connectivity index is 1.81. The summed E-state index contributed by atoms with van der Waals surface area (Å²) >= 11 is 0. The van der Waals surface area contributed by atoms with Gasteiger partial charge >= 0.3 is 0 Å². The molecule has 0 aliphatic carbocycles. The van der Waals surface area contributed by atoms with Gasteiger partial charge in [0.05, 0.1) is 19.8 Å². The van der Waals surface area contributed by atoms with Gasteiger partial charge in [0, 0.05) is 45.1 Å². The molecule has 1 aliphatic rings. The predicted octanol–water partition coefficient (Wildman–Crippen LogP) is 2.00. The number of ether oxygens (including phenoxy) is 2. The Bertz CT molecular complexity index is 499. The molecule has 6 heteroatoms. The van der Waals surface area contributed by atoms with Crippen LogP contribution >= 0.6 is 0 Å². The van der Waals surface area contributed by atoms with Gasteiger partial charge < -0.3 is 25.0 Å². The van der Waals surface area contributed by atoms with Gasteiger partial charge in [0.1, 0.15) is 0 Å². The smallest absolute Gasteiger partial charge is 0.191 e. The molecule has 0 spiro atoms. The number of hydrogen-bond acceptors (Lipinski definition) is 4. The van der Waals surface area contributed by atoms with Crippen molar-refractivity contribution in [1.82, 2.24) is 10.6 Å². The lowest BCUT2D eigenvalue weighted by Gasteiger charge is -2.28. The van der Waals surface area contributed by atoms with Gasteiger partial charge in [-0.3, -0.25) is 0 Å². The molecule has 1 fully saturated rings. The van der Waals surface area contributed by atoms with Crippen molar-refractivity contribution in [1.29, 1.82) is 0 Å². The first-order valence-corrected chi connectivity index (χ1v) is 9.35. The number of nitrogens with one attached hydrogen (secondary N) is 2. The minimum atomic E-state index is 0.671. The van der Waals surface area contributed by atoms with Gasteiger partial charge in [0.15, 0.2) is 5.96 Å². The normalized spacial score (nSPS) is 15.3. The van der Waals surface area contributed by atoms with E-state index in [1.807, 2.05) is 6.92 Å². The van der Waals surface area contributed by atoms with Crippen molar-refractivity contribution in [3.63, 3.8) is 0 Å². The van der Waals surface area contributed by atoms with Crippen molar-refractivity contribution in [3.8, 4) is 0 Å². The van der Waals surface area contributed by atoms with Crippen LogP contribution in [-0.2, 0) is 16.0 Å². The maximum atomic E-state index is 5.41. The minimum Gasteiger partial charge on any atom is -0.382 e. The molecule has 0 radical (unpaired) electrons.